The Hall–Kier alpha value is 0.620. The normalized spacial score (nSPS) is 52.9. The van der Waals surface area contributed by atoms with E-state index in [0.717, 1.165) is 13.2 Å². The molecular formula is C12H20O2S2. The fraction of sp³-hybridized carbons (Fsp3) is 1.00. The topological polar surface area (TPSA) is 18.5 Å². The fourth-order valence-corrected chi connectivity index (χ4v) is 6.39. The van der Waals surface area contributed by atoms with Crippen LogP contribution in [0, 0.1) is 0 Å². The number of hydrogen-bond acceptors (Lipinski definition) is 4. The van der Waals surface area contributed by atoms with Gasteiger partial charge in [-0.05, 0) is 25.7 Å². The van der Waals surface area contributed by atoms with Gasteiger partial charge in [0.15, 0.2) is 9.87 Å². The van der Waals surface area contributed by atoms with Crippen LogP contribution in [-0.4, -0.2) is 33.6 Å². The van der Waals surface area contributed by atoms with Crippen LogP contribution in [-0.2, 0) is 9.47 Å². The molecule has 0 aromatic rings. The van der Waals surface area contributed by atoms with Gasteiger partial charge in [0.25, 0.3) is 0 Å². The minimum Gasteiger partial charge on any atom is -0.359 e. The highest BCUT2D eigenvalue weighted by molar-refractivity contribution is 8.05. The van der Waals surface area contributed by atoms with E-state index in [1.807, 2.05) is 23.5 Å². The lowest BCUT2D eigenvalue weighted by Crippen LogP contribution is -2.51. The van der Waals surface area contributed by atoms with E-state index in [-0.39, 0.29) is 9.87 Å². The molecule has 0 aromatic carbocycles. The lowest BCUT2D eigenvalue weighted by molar-refractivity contribution is -0.114. The fourth-order valence-electron chi connectivity index (χ4n) is 3.05. The molecule has 0 radical (unpaired) electrons. The summed E-state index contributed by atoms with van der Waals surface area (Å²) in [6, 6.07) is 0. The minimum absolute atomic E-state index is 0.0416. The van der Waals surface area contributed by atoms with Crippen molar-refractivity contribution in [3.05, 3.63) is 0 Å². The van der Waals surface area contributed by atoms with Gasteiger partial charge in [0, 0.05) is 10.5 Å². The molecule has 3 aliphatic rings. The Labute approximate surface area is 106 Å². The van der Waals surface area contributed by atoms with Gasteiger partial charge in [-0.1, -0.05) is 13.8 Å². The van der Waals surface area contributed by atoms with Crippen molar-refractivity contribution in [1.29, 1.82) is 0 Å². The molecule has 4 unspecified atom stereocenters. The summed E-state index contributed by atoms with van der Waals surface area (Å²) in [6.45, 7) is 6.32. The summed E-state index contributed by atoms with van der Waals surface area (Å²) in [5.74, 6) is 0. The second-order valence-corrected chi connectivity index (χ2v) is 8.59. The van der Waals surface area contributed by atoms with Crippen molar-refractivity contribution in [1.82, 2.24) is 0 Å². The van der Waals surface area contributed by atoms with Gasteiger partial charge in [-0.2, -0.15) is 0 Å². The summed E-state index contributed by atoms with van der Waals surface area (Å²) < 4.78 is 12.4. The van der Waals surface area contributed by atoms with Crippen LogP contribution in [0.4, 0.5) is 0 Å². The third kappa shape index (κ3) is 1.64. The summed E-state index contributed by atoms with van der Waals surface area (Å²) in [4.78, 5) is -0.0831. The molecule has 1 saturated carbocycles. The van der Waals surface area contributed by atoms with Crippen molar-refractivity contribution in [2.45, 2.75) is 59.9 Å². The third-order valence-electron chi connectivity index (χ3n) is 3.73. The first-order chi connectivity index (χ1) is 7.66. The van der Waals surface area contributed by atoms with Gasteiger partial charge in [-0.15, -0.1) is 23.5 Å². The van der Waals surface area contributed by atoms with Crippen molar-refractivity contribution < 1.29 is 9.47 Å². The van der Waals surface area contributed by atoms with E-state index in [0.29, 0.717) is 10.5 Å². The SMILES string of the molecule is CC1COC2(CCCCC23OCC(C)S3)S1. The van der Waals surface area contributed by atoms with Crippen LogP contribution in [0.1, 0.15) is 39.5 Å². The molecule has 1 aliphatic carbocycles. The van der Waals surface area contributed by atoms with Crippen LogP contribution in [0.3, 0.4) is 0 Å². The maximum Gasteiger partial charge on any atom is 0.152 e. The predicted octanol–water partition coefficient (Wildman–Crippen LogP) is 3.26. The molecule has 3 rings (SSSR count). The van der Waals surface area contributed by atoms with E-state index in [9.17, 15) is 0 Å². The quantitative estimate of drug-likeness (QED) is 0.665. The number of hydrogen-bond donors (Lipinski definition) is 0. The highest BCUT2D eigenvalue weighted by atomic mass is 32.2. The van der Waals surface area contributed by atoms with E-state index in [4.69, 9.17) is 9.47 Å². The zero-order chi connectivity index (χ0) is 11.2. The van der Waals surface area contributed by atoms with Crippen LogP contribution in [0.5, 0.6) is 0 Å². The lowest BCUT2D eigenvalue weighted by atomic mass is 9.93. The first-order valence-corrected chi connectivity index (χ1v) is 8.05. The molecule has 2 heterocycles. The highest BCUT2D eigenvalue weighted by Crippen LogP contribution is 2.61. The zero-order valence-corrected chi connectivity index (χ0v) is 11.7. The predicted molar refractivity (Wildman–Crippen MR) is 69.9 cm³/mol. The molecule has 0 aromatic heterocycles. The Kier molecular flexibility index (Phi) is 2.98. The molecular weight excluding hydrogens is 240 g/mol. The molecule has 16 heavy (non-hydrogen) atoms. The van der Waals surface area contributed by atoms with Crippen LogP contribution in [0.2, 0.25) is 0 Å². The first-order valence-electron chi connectivity index (χ1n) is 6.29. The van der Waals surface area contributed by atoms with Crippen molar-refractivity contribution >= 4 is 23.5 Å². The molecule has 0 amide bonds. The third-order valence-corrected chi connectivity index (χ3v) is 7.00. The molecule has 2 spiro atoms. The Bertz CT molecular complexity index is 250. The van der Waals surface area contributed by atoms with Gasteiger partial charge >= 0.3 is 0 Å². The molecule has 4 heteroatoms. The highest BCUT2D eigenvalue weighted by Gasteiger charge is 2.61. The largest absolute Gasteiger partial charge is 0.359 e. The molecule has 4 atom stereocenters. The van der Waals surface area contributed by atoms with E-state index in [2.05, 4.69) is 13.8 Å². The molecule has 2 aliphatic heterocycles. The zero-order valence-electron chi connectivity index (χ0n) is 10.0. The van der Waals surface area contributed by atoms with Gasteiger partial charge < -0.3 is 9.47 Å². The molecule has 0 bridgehead atoms. The van der Waals surface area contributed by atoms with Crippen LogP contribution >= 0.6 is 23.5 Å². The van der Waals surface area contributed by atoms with E-state index >= 15 is 0 Å². The average Bonchev–Trinajstić information content (AvgIpc) is 2.79. The minimum atomic E-state index is -0.0416. The maximum absolute atomic E-state index is 6.20. The lowest BCUT2D eigenvalue weighted by Gasteiger charge is -2.46. The smallest absolute Gasteiger partial charge is 0.152 e. The van der Waals surface area contributed by atoms with Crippen LogP contribution < -0.4 is 0 Å². The standard InChI is InChI=1S/C12H20O2S2/c1-9-7-13-11(15-9)5-3-4-6-12(11)14-8-10(2)16-12/h9-10H,3-8H2,1-2H3. The molecule has 2 nitrogen and oxygen atoms in total. The van der Waals surface area contributed by atoms with Gasteiger partial charge in [0.1, 0.15) is 0 Å². The number of rotatable bonds is 0. The van der Waals surface area contributed by atoms with Crippen molar-refractivity contribution in [3.8, 4) is 0 Å². The Morgan fingerprint density at radius 2 is 1.31 bits per heavy atom. The number of thioether (sulfide) groups is 2. The summed E-state index contributed by atoms with van der Waals surface area (Å²) in [6.07, 6.45) is 4.92. The van der Waals surface area contributed by atoms with Crippen LogP contribution in [0.25, 0.3) is 0 Å². The molecule has 0 N–H and O–H groups in total. The maximum atomic E-state index is 6.20. The van der Waals surface area contributed by atoms with Gasteiger partial charge in [0.05, 0.1) is 13.2 Å². The number of fused-ring (bicyclic) bond motifs is 1. The summed E-state index contributed by atoms with van der Waals surface area (Å²) in [7, 11) is 0. The van der Waals surface area contributed by atoms with E-state index < -0.39 is 0 Å². The second kappa shape index (κ2) is 4.08. The Balaban J connectivity index is 1.89. The van der Waals surface area contributed by atoms with Crippen LogP contribution in [0.15, 0.2) is 0 Å². The van der Waals surface area contributed by atoms with Gasteiger partial charge in [-0.3, -0.25) is 0 Å². The van der Waals surface area contributed by atoms with Crippen molar-refractivity contribution in [3.63, 3.8) is 0 Å². The second-order valence-electron chi connectivity index (χ2n) is 5.19. The molecule has 3 fully saturated rings. The Morgan fingerprint density at radius 3 is 1.62 bits per heavy atom. The average molecular weight is 260 g/mol. The number of ether oxygens (including phenoxy) is 2. The summed E-state index contributed by atoms with van der Waals surface area (Å²) in [5.41, 5.74) is 0. The van der Waals surface area contributed by atoms with Gasteiger partial charge in [-0.25, -0.2) is 0 Å². The molecule has 92 valence electrons. The Morgan fingerprint density at radius 1 is 0.875 bits per heavy atom. The van der Waals surface area contributed by atoms with Crippen molar-refractivity contribution in [2.75, 3.05) is 13.2 Å². The molecule has 2 saturated heterocycles. The van der Waals surface area contributed by atoms with Crippen molar-refractivity contribution in [2.24, 2.45) is 0 Å². The summed E-state index contributed by atoms with van der Waals surface area (Å²) in [5, 5.41) is 1.24. The summed E-state index contributed by atoms with van der Waals surface area (Å²) >= 11 is 4.04. The van der Waals surface area contributed by atoms with E-state index in [1.165, 1.54) is 25.7 Å². The van der Waals surface area contributed by atoms with E-state index in [1.54, 1.807) is 0 Å². The first kappa shape index (κ1) is 11.7. The van der Waals surface area contributed by atoms with Gasteiger partial charge in [0.2, 0.25) is 0 Å². The monoisotopic (exact) mass is 260 g/mol.